The fourth-order valence-corrected chi connectivity index (χ4v) is 4.37. The average molecular weight is 378 g/mol. The summed E-state index contributed by atoms with van der Waals surface area (Å²) in [7, 11) is 0. The van der Waals surface area contributed by atoms with Crippen LogP contribution in [-0.4, -0.2) is 41.5 Å². The van der Waals surface area contributed by atoms with Gasteiger partial charge >= 0.3 is 5.97 Å². The number of aryl methyl sites for hydroxylation is 2. The van der Waals surface area contributed by atoms with Crippen molar-refractivity contribution in [2.24, 2.45) is 5.92 Å². The van der Waals surface area contributed by atoms with E-state index in [0.717, 1.165) is 43.6 Å². The Bertz CT molecular complexity index is 832. The van der Waals surface area contributed by atoms with Crippen molar-refractivity contribution in [3.63, 3.8) is 0 Å². The summed E-state index contributed by atoms with van der Waals surface area (Å²) in [6.07, 6.45) is 3.83. The van der Waals surface area contributed by atoms with E-state index in [9.17, 15) is 14.7 Å². The van der Waals surface area contributed by atoms with Crippen LogP contribution in [0.1, 0.15) is 30.4 Å². The highest BCUT2D eigenvalue weighted by molar-refractivity contribution is 6.02. The van der Waals surface area contributed by atoms with Crippen molar-refractivity contribution in [3.8, 4) is 0 Å². The molecule has 2 aliphatic heterocycles. The Kier molecular flexibility index (Phi) is 5.44. The van der Waals surface area contributed by atoms with Gasteiger partial charge in [0.2, 0.25) is 5.91 Å². The van der Waals surface area contributed by atoms with Gasteiger partial charge in [0.15, 0.2) is 0 Å². The predicted molar refractivity (Wildman–Crippen MR) is 109 cm³/mol. The summed E-state index contributed by atoms with van der Waals surface area (Å²) in [6, 6.07) is 16.3. The summed E-state index contributed by atoms with van der Waals surface area (Å²) in [5, 5.41) is 9.29. The molecule has 4 rings (SSSR count). The number of carboxylic acid groups (broad SMARTS) is 1. The van der Waals surface area contributed by atoms with Crippen molar-refractivity contribution < 1.29 is 14.7 Å². The van der Waals surface area contributed by atoms with Gasteiger partial charge in [-0.1, -0.05) is 36.4 Å². The molecule has 0 aromatic heterocycles. The van der Waals surface area contributed by atoms with Crippen molar-refractivity contribution in [2.45, 2.75) is 32.1 Å². The molecule has 2 heterocycles. The summed E-state index contributed by atoms with van der Waals surface area (Å²) in [5.41, 5.74) is 4.32. The lowest BCUT2D eigenvalue weighted by Gasteiger charge is -2.31. The van der Waals surface area contributed by atoms with E-state index in [1.807, 2.05) is 41.3 Å². The van der Waals surface area contributed by atoms with Crippen LogP contribution >= 0.6 is 0 Å². The van der Waals surface area contributed by atoms with Crippen LogP contribution in [0.25, 0.3) is 0 Å². The highest BCUT2D eigenvalue weighted by Gasteiger charge is 2.28. The van der Waals surface area contributed by atoms with Crippen LogP contribution in [0.4, 0.5) is 11.4 Å². The zero-order chi connectivity index (χ0) is 19.5. The van der Waals surface area contributed by atoms with Gasteiger partial charge in [0.05, 0.1) is 17.3 Å². The first-order chi connectivity index (χ1) is 13.6. The number of likely N-dealkylation sites (tertiary alicyclic amines) is 1. The number of amides is 1. The Morgan fingerprint density at radius 1 is 0.964 bits per heavy atom. The number of benzene rings is 2. The number of fused-ring (bicyclic) bond motifs is 2. The molecule has 1 fully saturated rings. The molecule has 1 saturated heterocycles. The van der Waals surface area contributed by atoms with Crippen LogP contribution in [-0.2, 0) is 22.4 Å². The van der Waals surface area contributed by atoms with E-state index < -0.39 is 5.97 Å². The third kappa shape index (κ3) is 3.80. The monoisotopic (exact) mass is 378 g/mol. The number of carbonyl (C=O) groups excluding carboxylic acids is 1. The molecule has 1 unspecified atom stereocenters. The minimum absolute atomic E-state index is 0.0687. The van der Waals surface area contributed by atoms with Crippen molar-refractivity contribution in [1.29, 1.82) is 0 Å². The molecule has 0 saturated carbocycles. The third-order valence-corrected chi connectivity index (χ3v) is 5.87. The number of carbonyl (C=O) groups is 2. The minimum atomic E-state index is -0.730. The van der Waals surface area contributed by atoms with Crippen LogP contribution in [0.15, 0.2) is 48.5 Å². The maximum absolute atomic E-state index is 13.3. The quantitative estimate of drug-likeness (QED) is 0.882. The maximum atomic E-state index is 13.3. The van der Waals surface area contributed by atoms with Crippen LogP contribution in [0.3, 0.4) is 0 Å². The largest absolute Gasteiger partial charge is 0.481 e. The van der Waals surface area contributed by atoms with E-state index in [4.69, 9.17) is 0 Å². The SMILES string of the molecule is O=C(O)C1CCCN(CCC(=O)N2c3ccccc3CCc3ccccc32)C1. The summed E-state index contributed by atoms with van der Waals surface area (Å²) in [5.74, 6) is -0.978. The Labute approximate surface area is 165 Å². The average Bonchev–Trinajstić information content (AvgIpc) is 2.89. The van der Waals surface area contributed by atoms with E-state index in [1.165, 1.54) is 11.1 Å². The fourth-order valence-electron chi connectivity index (χ4n) is 4.37. The Hall–Kier alpha value is -2.66. The summed E-state index contributed by atoms with van der Waals surface area (Å²) >= 11 is 0. The smallest absolute Gasteiger partial charge is 0.307 e. The normalized spacial score (nSPS) is 19.4. The van der Waals surface area contributed by atoms with Gasteiger partial charge in [-0.25, -0.2) is 0 Å². The number of anilines is 2. The second-order valence-corrected chi connectivity index (χ2v) is 7.71. The van der Waals surface area contributed by atoms with E-state index in [0.29, 0.717) is 19.5 Å². The number of piperidine rings is 1. The lowest BCUT2D eigenvalue weighted by atomic mass is 9.98. The van der Waals surface area contributed by atoms with E-state index >= 15 is 0 Å². The first-order valence-electron chi connectivity index (χ1n) is 10.1. The molecule has 2 aromatic carbocycles. The zero-order valence-electron chi connectivity index (χ0n) is 16.0. The van der Waals surface area contributed by atoms with E-state index in [1.54, 1.807) is 0 Å². The number of nitrogens with zero attached hydrogens (tertiary/aromatic N) is 2. The minimum Gasteiger partial charge on any atom is -0.481 e. The lowest BCUT2D eigenvalue weighted by molar-refractivity contribution is -0.143. The summed E-state index contributed by atoms with van der Waals surface area (Å²) < 4.78 is 0. The fraction of sp³-hybridized carbons (Fsp3) is 0.391. The maximum Gasteiger partial charge on any atom is 0.307 e. The van der Waals surface area contributed by atoms with Gasteiger partial charge in [-0.15, -0.1) is 0 Å². The Balaban J connectivity index is 1.54. The van der Waals surface area contributed by atoms with Gasteiger partial charge in [0.1, 0.15) is 0 Å². The molecule has 146 valence electrons. The van der Waals surface area contributed by atoms with Crippen molar-refractivity contribution in [3.05, 3.63) is 59.7 Å². The Morgan fingerprint density at radius 3 is 2.18 bits per heavy atom. The number of hydrogen-bond donors (Lipinski definition) is 1. The standard InChI is InChI=1S/C23H26N2O3/c26-22(13-15-24-14-5-8-19(16-24)23(27)28)25-20-9-3-1-6-17(20)11-12-18-7-2-4-10-21(18)25/h1-4,6-7,9-10,19H,5,8,11-16H2,(H,27,28). The molecular formula is C23H26N2O3. The van der Waals surface area contributed by atoms with E-state index in [2.05, 4.69) is 17.0 Å². The predicted octanol–water partition coefficient (Wildman–Crippen LogP) is 3.64. The first kappa shape index (κ1) is 18.7. The number of rotatable bonds is 4. The van der Waals surface area contributed by atoms with E-state index in [-0.39, 0.29) is 11.8 Å². The van der Waals surface area contributed by atoms with Crippen LogP contribution in [0.5, 0.6) is 0 Å². The molecule has 1 atom stereocenters. The molecule has 5 nitrogen and oxygen atoms in total. The number of aliphatic carboxylic acids is 1. The summed E-state index contributed by atoms with van der Waals surface area (Å²) in [6.45, 7) is 2.00. The van der Waals surface area contributed by atoms with Gasteiger partial charge in [-0.05, 0) is 55.5 Å². The second kappa shape index (κ2) is 8.15. The first-order valence-corrected chi connectivity index (χ1v) is 10.1. The van der Waals surface area contributed by atoms with Crippen molar-refractivity contribution >= 4 is 23.3 Å². The van der Waals surface area contributed by atoms with Crippen molar-refractivity contribution in [1.82, 2.24) is 4.90 Å². The molecule has 5 heteroatoms. The second-order valence-electron chi connectivity index (χ2n) is 7.71. The van der Waals surface area contributed by atoms with Gasteiger partial charge in [0, 0.05) is 19.5 Å². The molecule has 0 spiro atoms. The number of carboxylic acids is 1. The highest BCUT2D eigenvalue weighted by Crippen LogP contribution is 2.36. The zero-order valence-corrected chi connectivity index (χ0v) is 16.0. The molecule has 1 N–H and O–H groups in total. The molecule has 0 aliphatic carbocycles. The van der Waals surface area contributed by atoms with Gasteiger partial charge < -0.3 is 10.0 Å². The Morgan fingerprint density at radius 2 is 1.57 bits per heavy atom. The van der Waals surface area contributed by atoms with Crippen LogP contribution in [0.2, 0.25) is 0 Å². The van der Waals surface area contributed by atoms with Gasteiger partial charge in [0.25, 0.3) is 0 Å². The lowest BCUT2D eigenvalue weighted by Crippen LogP contribution is -2.40. The topological polar surface area (TPSA) is 60.9 Å². The van der Waals surface area contributed by atoms with Crippen molar-refractivity contribution in [2.75, 3.05) is 24.5 Å². The highest BCUT2D eigenvalue weighted by atomic mass is 16.4. The number of hydrogen-bond acceptors (Lipinski definition) is 3. The molecule has 2 aromatic rings. The molecule has 28 heavy (non-hydrogen) atoms. The number of para-hydroxylation sites is 2. The van der Waals surface area contributed by atoms with Gasteiger partial charge in [-0.3, -0.25) is 14.5 Å². The molecule has 0 radical (unpaired) electrons. The van der Waals surface area contributed by atoms with Crippen LogP contribution < -0.4 is 4.90 Å². The summed E-state index contributed by atoms with van der Waals surface area (Å²) in [4.78, 5) is 28.6. The molecule has 1 amide bonds. The third-order valence-electron chi connectivity index (χ3n) is 5.87. The van der Waals surface area contributed by atoms with Crippen LogP contribution in [0, 0.1) is 5.92 Å². The molecule has 2 aliphatic rings. The van der Waals surface area contributed by atoms with Gasteiger partial charge in [-0.2, -0.15) is 0 Å². The molecular weight excluding hydrogens is 352 g/mol. The molecule has 0 bridgehead atoms.